The second kappa shape index (κ2) is 4.99. The zero-order valence-electron chi connectivity index (χ0n) is 10.8. The van der Waals surface area contributed by atoms with Crippen molar-refractivity contribution in [3.63, 3.8) is 0 Å². The maximum absolute atomic E-state index is 12.7. The SMILES string of the molecule is FC(F)(F)c1ccc(Cl)c(NCC2CC3C=CC2C3)c1. The average Bonchev–Trinajstić information content (AvgIpc) is 2.98. The summed E-state index contributed by atoms with van der Waals surface area (Å²) >= 11 is 5.97. The van der Waals surface area contributed by atoms with E-state index in [1.807, 2.05) is 0 Å². The predicted octanol–water partition coefficient (Wildman–Crippen LogP) is 4.98. The standard InChI is InChI=1S/C15H15ClF3N/c16-13-4-3-12(15(17,18)19)7-14(13)20-8-11-6-9-1-2-10(11)5-9/h1-4,7,9-11,20H,5-6,8H2. The van der Waals surface area contributed by atoms with Gasteiger partial charge in [-0.2, -0.15) is 13.2 Å². The van der Waals surface area contributed by atoms with E-state index in [-0.39, 0.29) is 0 Å². The molecule has 2 aliphatic carbocycles. The highest BCUT2D eigenvalue weighted by atomic mass is 35.5. The van der Waals surface area contributed by atoms with Gasteiger partial charge in [0.05, 0.1) is 16.3 Å². The molecule has 2 bridgehead atoms. The molecule has 0 spiro atoms. The van der Waals surface area contributed by atoms with Gasteiger partial charge in [-0.15, -0.1) is 0 Å². The smallest absolute Gasteiger partial charge is 0.384 e. The fourth-order valence-corrected chi connectivity index (χ4v) is 3.39. The predicted molar refractivity (Wildman–Crippen MR) is 73.8 cm³/mol. The van der Waals surface area contributed by atoms with Crippen LogP contribution in [0.15, 0.2) is 30.4 Å². The minimum Gasteiger partial charge on any atom is -0.384 e. The van der Waals surface area contributed by atoms with E-state index in [1.165, 1.54) is 12.5 Å². The van der Waals surface area contributed by atoms with Gasteiger partial charge in [-0.05, 0) is 48.8 Å². The largest absolute Gasteiger partial charge is 0.416 e. The number of halogens is 4. The molecule has 2 aliphatic rings. The quantitative estimate of drug-likeness (QED) is 0.776. The Morgan fingerprint density at radius 3 is 2.60 bits per heavy atom. The van der Waals surface area contributed by atoms with Crippen LogP contribution in [0.25, 0.3) is 0 Å². The van der Waals surface area contributed by atoms with Crippen molar-refractivity contribution in [3.05, 3.63) is 40.9 Å². The fraction of sp³-hybridized carbons (Fsp3) is 0.467. The third kappa shape index (κ3) is 2.66. The summed E-state index contributed by atoms with van der Waals surface area (Å²) in [6.45, 7) is 0.673. The second-order valence-corrected chi connectivity index (χ2v) is 6.02. The van der Waals surface area contributed by atoms with E-state index in [1.54, 1.807) is 0 Å². The minimum atomic E-state index is -4.34. The number of benzene rings is 1. The zero-order chi connectivity index (χ0) is 14.3. The molecule has 108 valence electrons. The van der Waals surface area contributed by atoms with Crippen molar-refractivity contribution in [2.75, 3.05) is 11.9 Å². The van der Waals surface area contributed by atoms with Gasteiger partial charge in [0.2, 0.25) is 0 Å². The summed E-state index contributed by atoms with van der Waals surface area (Å²) < 4.78 is 38.0. The molecule has 20 heavy (non-hydrogen) atoms. The first-order valence-electron chi connectivity index (χ1n) is 6.72. The molecule has 1 aromatic carbocycles. The Balaban J connectivity index is 1.69. The number of anilines is 1. The molecule has 1 saturated carbocycles. The summed E-state index contributed by atoms with van der Waals surface area (Å²) in [7, 11) is 0. The zero-order valence-corrected chi connectivity index (χ0v) is 11.5. The Hall–Kier alpha value is -1.16. The lowest BCUT2D eigenvalue weighted by molar-refractivity contribution is -0.137. The number of hydrogen-bond acceptors (Lipinski definition) is 1. The van der Waals surface area contributed by atoms with E-state index < -0.39 is 11.7 Å². The summed E-state index contributed by atoms with van der Waals surface area (Å²) in [5.74, 6) is 1.72. The van der Waals surface area contributed by atoms with Crippen LogP contribution in [-0.4, -0.2) is 6.54 Å². The fourth-order valence-electron chi connectivity index (χ4n) is 3.21. The van der Waals surface area contributed by atoms with E-state index in [0.29, 0.717) is 35.0 Å². The van der Waals surface area contributed by atoms with Crippen molar-refractivity contribution in [1.29, 1.82) is 0 Å². The first-order chi connectivity index (χ1) is 9.43. The summed E-state index contributed by atoms with van der Waals surface area (Å²) in [4.78, 5) is 0. The molecule has 0 amide bonds. The summed E-state index contributed by atoms with van der Waals surface area (Å²) in [6.07, 6.45) is 2.44. The van der Waals surface area contributed by atoms with E-state index in [4.69, 9.17) is 11.6 Å². The van der Waals surface area contributed by atoms with Gasteiger partial charge in [-0.3, -0.25) is 0 Å². The van der Waals surface area contributed by atoms with Crippen LogP contribution in [0.5, 0.6) is 0 Å². The molecule has 3 unspecified atom stereocenters. The lowest BCUT2D eigenvalue weighted by Gasteiger charge is -2.20. The van der Waals surface area contributed by atoms with Crippen LogP contribution in [0, 0.1) is 17.8 Å². The maximum atomic E-state index is 12.7. The van der Waals surface area contributed by atoms with Crippen molar-refractivity contribution in [2.24, 2.45) is 17.8 Å². The third-order valence-corrected chi connectivity index (χ3v) is 4.59. The van der Waals surface area contributed by atoms with Crippen LogP contribution in [0.3, 0.4) is 0 Å². The van der Waals surface area contributed by atoms with Crippen molar-refractivity contribution in [3.8, 4) is 0 Å². The number of fused-ring (bicyclic) bond motifs is 2. The Morgan fingerprint density at radius 2 is 2.00 bits per heavy atom. The molecule has 0 aromatic heterocycles. The summed E-state index contributed by atoms with van der Waals surface area (Å²) in [6, 6.07) is 3.40. The lowest BCUT2D eigenvalue weighted by Crippen LogP contribution is -2.18. The van der Waals surface area contributed by atoms with E-state index >= 15 is 0 Å². The Labute approximate surface area is 120 Å². The first-order valence-corrected chi connectivity index (χ1v) is 7.10. The molecule has 0 aliphatic heterocycles. The highest BCUT2D eigenvalue weighted by Crippen LogP contribution is 2.43. The molecule has 5 heteroatoms. The number of hydrogen-bond donors (Lipinski definition) is 1. The van der Waals surface area contributed by atoms with Gasteiger partial charge >= 0.3 is 6.18 Å². The van der Waals surface area contributed by atoms with E-state index in [9.17, 15) is 13.2 Å². The van der Waals surface area contributed by atoms with Crippen LogP contribution in [0.4, 0.5) is 18.9 Å². The molecule has 0 heterocycles. The van der Waals surface area contributed by atoms with E-state index in [2.05, 4.69) is 17.5 Å². The van der Waals surface area contributed by atoms with Gasteiger partial charge in [0.25, 0.3) is 0 Å². The highest BCUT2D eigenvalue weighted by molar-refractivity contribution is 6.33. The van der Waals surface area contributed by atoms with Gasteiger partial charge in [-0.25, -0.2) is 0 Å². The molecule has 3 rings (SSSR count). The van der Waals surface area contributed by atoms with Gasteiger partial charge < -0.3 is 5.32 Å². The Morgan fingerprint density at radius 1 is 1.20 bits per heavy atom. The number of nitrogens with one attached hydrogen (secondary N) is 1. The van der Waals surface area contributed by atoms with Crippen molar-refractivity contribution < 1.29 is 13.2 Å². The molecule has 1 nitrogen and oxygen atoms in total. The normalized spacial score (nSPS) is 28.1. The maximum Gasteiger partial charge on any atom is 0.416 e. The van der Waals surface area contributed by atoms with Crippen LogP contribution in [0.1, 0.15) is 18.4 Å². The van der Waals surface area contributed by atoms with Gasteiger partial charge in [0.1, 0.15) is 0 Å². The van der Waals surface area contributed by atoms with Crippen molar-refractivity contribution >= 4 is 17.3 Å². The van der Waals surface area contributed by atoms with Gasteiger partial charge in [0, 0.05) is 6.54 Å². The van der Waals surface area contributed by atoms with Crippen LogP contribution in [0.2, 0.25) is 5.02 Å². The topological polar surface area (TPSA) is 12.0 Å². The van der Waals surface area contributed by atoms with Crippen molar-refractivity contribution in [2.45, 2.75) is 19.0 Å². The van der Waals surface area contributed by atoms with Crippen molar-refractivity contribution in [1.82, 2.24) is 0 Å². The van der Waals surface area contributed by atoms with Gasteiger partial charge in [0.15, 0.2) is 0 Å². The first kappa shape index (κ1) is 13.8. The summed E-state index contributed by atoms with van der Waals surface area (Å²) in [5, 5.41) is 3.42. The van der Waals surface area contributed by atoms with Gasteiger partial charge in [-0.1, -0.05) is 23.8 Å². The molecule has 1 N–H and O–H groups in total. The molecule has 1 aromatic rings. The number of rotatable bonds is 3. The molecule has 3 atom stereocenters. The highest BCUT2D eigenvalue weighted by Gasteiger charge is 2.35. The number of alkyl halides is 3. The van der Waals surface area contributed by atoms with Crippen LogP contribution < -0.4 is 5.32 Å². The Kier molecular flexibility index (Phi) is 3.44. The number of allylic oxidation sites excluding steroid dienone is 2. The summed E-state index contributed by atoms with van der Waals surface area (Å²) in [5.41, 5.74) is -0.300. The molecular weight excluding hydrogens is 287 g/mol. The van der Waals surface area contributed by atoms with E-state index in [0.717, 1.165) is 18.6 Å². The lowest BCUT2D eigenvalue weighted by atomic mass is 9.93. The monoisotopic (exact) mass is 301 g/mol. The average molecular weight is 302 g/mol. The Bertz CT molecular complexity index is 538. The molecule has 0 saturated heterocycles. The molecular formula is C15H15ClF3N. The second-order valence-electron chi connectivity index (χ2n) is 5.61. The minimum absolute atomic E-state index is 0.330. The molecule has 1 fully saturated rings. The van der Waals surface area contributed by atoms with Crippen LogP contribution in [-0.2, 0) is 6.18 Å². The molecule has 0 radical (unpaired) electrons. The third-order valence-electron chi connectivity index (χ3n) is 4.26. The van der Waals surface area contributed by atoms with Crippen LogP contribution >= 0.6 is 11.6 Å².